The van der Waals surface area contributed by atoms with E-state index in [1.54, 1.807) is 55.5 Å². The number of carbonyl (C=O) groups excluding carboxylic acids is 4. The van der Waals surface area contributed by atoms with E-state index in [-0.39, 0.29) is 56.4 Å². The fraction of sp³-hybridized carbons (Fsp3) is 0.644. The molecule has 3 rings (SSSR count). The highest BCUT2D eigenvalue weighted by atomic mass is 16.6. The quantitative estimate of drug-likeness (QED) is 0.103. The Hall–Kier alpha value is -3.76. The van der Waals surface area contributed by atoms with Crippen LogP contribution in [-0.2, 0) is 28.5 Å². The van der Waals surface area contributed by atoms with Crippen LogP contribution in [0, 0.1) is 29.6 Å². The van der Waals surface area contributed by atoms with Crippen molar-refractivity contribution < 1.29 is 38.1 Å². The van der Waals surface area contributed by atoms with Gasteiger partial charge >= 0.3 is 11.9 Å². The van der Waals surface area contributed by atoms with Gasteiger partial charge in [-0.2, -0.15) is 0 Å². The van der Waals surface area contributed by atoms with Crippen molar-refractivity contribution in [2.24, 2.45) is 29.6 Å². The number of nitrogens with one attached hydrogen (secondary N) is 2. The molecule has 0 bridgehead atoms. The minimum absolute atomic E-state index is 0.0944. The molecule has 0 aromatic heterocycles. The Kier molecular flexibility index (Phi) is 20.5. The van der Waals surface area contributed by atoms with Crippen LogP contribution in [0.4, 0.5) is 0 Å². The van der Waals surface area contributed by atoms with E-state index in [1.165, 1.54) is 25.7 Å². The fourth-order valence-electron chi connectivity index (χ4n) is 7.09. The maximum absolute atomic E-state index is 13.9. The zero-order valence-electron chi connectivity index (χ0n) is 34.4. The normalized spacial score (nSPS) is 19.7. The molecule has 0 aliphatic heterocycles. The summed E-state index contributed by atoms with van der Waals surface area (Å²) < 4.78 is 22.7. The predicted molar refractivity (Wildman–Crippen MR) is 216 cm³/mol. The summed E-state index contributed by atoms with van der Waals surface area (Å²) in [4.78, 5) is 52.2. The Morgan fingerprint density at radius 2 is 1.27 bits per heavy atom. The molecule has 0 spiro atoms. The third kappa shape index (κ3) is 17.7. The van der Waals surface area contributed by atoms with Crippen molar-refractivity contribution in [1.82, 2.24) is 10.6 Å². The van der Waals surface area contributed by atoms with Gasteiger partial charge in [0.1, 0.15) is 12.7 Å². The smallest absolute Gasteiger partial charge is 0.338 e. The van der Waals surface area contributed by atoms with Crippen LogP contribution in [0.2, 0.25) is 0 Å². The average Bonchev–Trinajstić information content (AvgIpc) is 3.17. The molecule has 55 heavy (non-hydrogen) atoms. The van der Waals surface area contributed by atoms with Crippen molar-refractivity contribution in [1.29, 1.82) is 0 Å². The fourth-order valence-corrected chi connectivity index (χ4v) is 7.09. The molecular weight excluding hydrogens is 697 g/mol. The minimum atomic E-state index is -0.462. The van der Waals surface area contributed by atoms with Crippen LogP contribution in [0.5, 0.6) is 0 Å². The Morgan fingerprint density at radius 3 is 1.93 bits per heavy atom. The Morgan fingerprint density at radius 1 is 0.655 bits per heavy atom. The summed E-state index contributed by atoms with van der Waals surface area (Å²) >= 11 is 0. The van der Waals surface area contributed by atoms with Crippen molar-refractivity contribution >= 4 is 23.8 Å². The van der Waals surface area contributed by atoms with Crippen LogP contribution in [0.15, 0.2) is 60.7 Å². The number of benzene rings is 2. The molecule has 8 unspecified atom stereocenters. The second kappa shape index (κ2) is 24.7. The van der Waals surface area contributed by atoms with Gasteiger partial charge in [0.2, 0.25) is 11.8 Å². The summed E-state index contributed by atoms with van der Waals surface area (Å²) in [6.45, 7) is 15.0. The first-order valence-electron chi connectivity index (χ1n) is 20.6. The van der Waals surface area contributed by atoms with Crippen LogP contribution >= 0.6 is 0 Å². The molecule has 0 saturated heterocycles. The first kappa shape index (κ1) is 45.6. The average molecular weight is 765 g/mol. The van der Waals surface area contributed by atoms with Gasteiger partial charge in [-0.1, -0.05) is 95.7 Å². The Bertz CT molecular complexity index is 1420. The number of esters is 2. The van der Waals surface area contributed by atoms with E-state index in [2.05, 4.69) is 31.4 Å². The maximum Gasteiger partial charge on any atom is 0.338 e. The zero-order chi connectivity index (χ0) is 40.2. The van der Waals surface area contributed by atoms with Gasteiger partial charge in [0.05, 0.1) is 36.5 Å². The van der Waals surface area contributed by atoms with Gasteiger partial charge in [0.25, 0.3) is 0 Å². The SMILES string of the molecule is CC(C)CCCC(C)CCCC1CCC(C(=O)NCC(C)OCC(C)OC(=O)c2ccccc2)C(C(=O)NC(C)COC(C)COC(=O)c2ccccc2)C1. The predicted octanol–water partition coefficient (Wildman–Crippen LogP) is 8.19. The molecule has 1 saturated carbocycles. The van der Waals surface area contributed by atoms with Crippen LogP contribution in [0.1, 0.15) is 127 Å². The highest BCUT2D eigenvalue weighted by molar-refractivity contribution is 5.90. The standard InChI is InChI=1S/C45H68N2O8/c1-31(2)16-14-17-32(3)18-15-19-37-24-25-40(42(48)46-27-34(5)53-30-36(7)55-45(51)39-22-12-9-13-23-39)41(26-37)43(49)47-33(4)28-52-35(6)29-54-44(50)38-20-10-8-11-21-38/h8-13,20-23,31-37,40-41H,14-19,24-30H2,1-7H3,(H,46,48)(H,47,49). The lowest BCUT2D eigenvalue weighted by Crippen LogP contribution is -2.49. The molecule has 2 amide bonds. The van der Waals surface area contributed by atoms with Crippen molar-refractivity contribution in [3.05, 3.63) is 71.8 Å². The molecule has 0 radical (unpaired) electrons. The molecule has 306 valence electrons. The van der Waals surface area contributed by atoms with Gasteiger partial charge < -0.3 is 29.6 Å². The van der Waals surface area contributed by atoms with E-state index in [4.69, 9.17) is 18.9 Å². The zero-order valence-corrected chi connectivity index (χ0v) is 34.4. The van der Waals surface area contributed by atoms with Crippen LogP contribution < -0.4 is 10.6 Å². The third-order valence-electron chi connectivity index (χ3n) is 10.4. The molecular formula is C45H68N2O8. The van der Waals surface area contributed by atoms with Crippen LogP contribution in [0.25, 0.3) is 0 Å². The van der Waals surface area contributed by atoms with Gasteiger partial charge in [0, 0.05) is 24.4 Å². The summed E-state index contributed by atoms with van der Waals surface area (Å²) in [5, 5.41) is 6.15. The lowest BCUT2D eigenvalue weighted by molar-refractivity contribution is -0.138. The first-order valence-corrected chi connectivity index (χ1v) is 20.6. The number of hydrogen-bond acceptors (Lipinski definition) is 8. The Labute approximate surface area is 330 Å². The number of rotatable bonds is 24. The molecule has 1 fully saturated rings. The van der Waals surface area contributed by atoms with Crippen LogP contribution in [0.3, 0.4) is 0 Å². The molecule has 0 heterocycles. The molecule has 1 aliphatic rings. The molecule has 2 aromatic rings. The van der Waals surface area contributed by atoms with E-state index in [0.717, 1.165) is 25.2 Å². The lowest BCUT2D eigenvalue weighted by atomic mass is 9.71. The summed E-state index contributed by atoms with van der Waals surface area (Å²) in [6.07, 6.45) is 8.25. The first-order chi connectivity index (χ1) is 26.3. The second-order valence-electron chi connectivity index (χ2n) is 16.2. The van der Waals surface area contributed by atoms with Gasteiger partial charge in [-0.05, 0) is 89.0 Å². The summed E-state index contributed by atoms with van der Waals surface area (Å²) in [5.74, 6) is -0.192. The minimum Gasteiger partial charge on any atom is -0.459 e. The topological polar surface area (TPSA) is 129 Å². The number of ether oxygens (including phenoxy) is 4. The maximum atomic E-state index is 13.9. The van der Waals surface area contributed by atoms with E-state index in [1.807, 2.05) is 32.9 Å². The molecule has 1 aliphatic carbocycles. The number of carbonyl (C=O) groups is 4. The van der Waals surface area contributed by atoms with Crippen molar-refractivity contribution in [3.8, 4) is 0 Å². The summed E-state index contributed by atoms with van der Waals surface area (Å²) in [7, 11) is 0. The van der Waals surface area contributed by atoms with E-state index in [9.17, 15) is 19.2 Å². The van der Waals surface area contributed by atoms with Crippen molar-refractivity contribution in [2.45, 2.75) is 131 Å². The van der Waals surface area contributed by atoms with Gasteiger partial charge in [0.15, 0.2) is 0 Å². The number of hydrogen-bond donors (Lipinski definition) is 2. The highest BCUT2D eigenvalue weighted by Gasteiger charge is 2.39. The largest absolute Gasteiger partial charge is 0.459 e. The molecule has 2 aromatic carbocycles. The molecule has 8 atom stereocenters. The Balaban J connectivity index is 1.50. The van der Waals surface area contributed by atoms with Crippen molar-refractivity contribution in [3.63, 3.8) is 0 Å². The summed E-state index contributed by atoms with van der Waals surface area (Å²) in [5.41, 5.74) is 0.960. The highest BCUT2D eigenvalue weighted by Crippen LogP contribution is 2.37. The molecule has 2 N–H and O–H groups in total. The van der Waals surface area contributed by atoms with Gasteiger partial charge in [-0.25, -0.2) is 9.59 Å². The molecule has 10 nitrogen and oxygen atoms in total. The second-order valence-corrected chi connectivity index (χ2v) is 16.2. The van der Waals surface area contributed by atoms with Gasteiger partial charge in [-0.3, -0.25) is 9.59 Å². The van der Waals surface area contributed by atoms with E-state index < -0.39 is 29.9 Å². The molecule has 10 heteroatoms. The van der Waals surface area contributed by atoms with E-state index >= 15 is 0 Å². The monoisotopic (exact) mass is 764 g/mol. The lowest BCUT2D eigenvalue weighted by Gasteiger charge is -2.35. The third-order valence-corrected chi connectivity index (χ3v) is 10.4. The summed E-state index contributed by atoms with van der Waals surface area (Å²) in [6, 6.07) is 17.3. The van der Waals surface area contributed by atoms with Gasteiger partial charge in [-0.15, -0.1) is 0 Å². The number of amides is 2. The van der Waals surface area contributed by atoms with Crippen LogP contribution in [-0.4, -0.2) is 74.5 Å². The van der Waals surface area contributed by atoms with Crippen molar-refractivity contribution in [2.75, 3.05) is 26.4 Å². The van der Waals surface area contributed by atoms with E-state index in [0.29, 0.717) is 35.8 Å².